The van der Waals surface area contributed by atoms with Crippen LogP contribution in [0.15, 0.2) is 10.5 Å². The number of nitrogens with two attached hydrogens (primary N) is 1. The number of hydrogen-bond donors (Lipinski definition) is 2. The fourth-order valence-corrected chi connectivity index (χ4v) is 1.66. The van der Waals surface area contributed by atoms with Gasteiger partial charge >= 0.3 is 0 Å². The Morgan fingerprint density at radius 1 is 1.69 bits per heavy atom. The average Bonchev–Trinajstić information content (AvgIpc) is 2.12. The van der Waals surface area contributed by atoms with Crippen molar-refractivity contribution >= 4 is 44.8 Å². The second-order valence-electron chi connectivity index (χ2n) is 2.40. The minimum absolute atomic E-state index is 0.0691. The van der Waals surface area contributed by atoms with Crippen LogP contribution in [0.4, 0.5) is 5.69 Å². The van der Waals surface area contributed by atoms with E-state index in [-0.39, 0.29) is 11.0 Å². The first-order valence-electron chi connectivity index (χ1n) is 3.41. The number of hydrogen-bond acceptors (Lipinski definition) is 3. The van der Waals surface area contributed by atoms with Crippen LogP contribution in [0.1, 0.15) is 11.8 Å². The van der Waals surface area contributed by atoms with Gasteiger partial charge in [-0.05, 0) is 22.0 Å². The number of nitrogen functional groups attached to an aromatic ring is 1. The van der Waals surface area contributed by atoms with Gasteiger partial charge in [0.25, 0.3) is 0 Å². The Bertz CT molecular complexity index is 298. The molecule has 0 aliphatic carbocycles. The van der Waals surface area contributed by atoms with E-state index in [1.807, 2.05) is 0 Å². The SMILES string of the molecule is Nc1c(Br)cc(C(O)CCl)nc1Cl. The van der Waals surface area contributed by atoms with Crippen molar-refractivity contribution in [3.63, 3.8) is 0 Å². The van der Waals surface area contributed by atoms with Crippen LogP contribution in [0.25, 0.3) is 0 Å². The number of pyridine rings is 1. The van der Waals surface area contributed by atoms with Crippen molar-refractivity contribution in [1.82, 2.24) is 4.98 Å². The monoisotopic (exact) mass is 284 g/mol. The molecule has 0 spiro atoms. The fourth-order valence-electron chi connectivity index (χ4n) is 0.762. The van der Waals surface area contributed by atoms with Gasteiger partial charge < -0.3 is 10.8 Å². The molecule has 0 bridgehead atoms. The van der Waals surface area contributed by atoms with Crippen molar-refractivity contribution in [1.29, 1.82) is 0 Å². The van der Waals surface area contributed by atoms with E-state index < -0.39 is 6.10 Å². The van der Waals surface area contributed by atoms with Crippen LogP contribution in [-0.4, -0.2) is 16.0 Å². The number of aliphatic hydroxyl groups excluding tert-OH is 1. The molecule has 3 nitrogen and oxygen atoms in total. The number of nitrogens with zero attached hydrogens (tertiary/aromatic N) is 1. The van der Waals surface area contributed by atoms with Crippen molar-refractivity contribution in [2.45, 2.75) is 6.10 Å². The lowest BCUT2D eigenvalue weighted by molar-refractivity contribution is 0.197. The van der Waals surface area contributed by atoms with E-state index in [4.69, 9.17) is 28.9 Å². The van der Waals surface area contributed by atoms with Crippen LogP contribution >= 0.6 is 39.1 Å². The lowest BCUT2D eigenvalue weighted by atomic mass is 10.2. The normalized spacial score (nSPS) is 12.9. The van der Waals surface area contributed by atoms with Gasteiger partial charge in [0.15, 0.2) is 5.15 Å². The quantitative estimate of drug-likeness (QED) is 0.648. The second-order valence-corrected chi connectivity index (χ2v) is 3.92. The van der Waals surface area contributed by atoms with E-state index in [1.165, 1.54) is 0 Å². The third-order valence-electron chi connectivity index (χ3n) is 1.47. The first-order valence-corrected chi connectivity index (χ1v) is 5.12. The van der Waals surface area contributed by atoms with Crippen molar-refractivity contribution in [3.8, 4) is 0 Å². The lowest BCUT2D eigenvalue weighted by Gasteiger charge is -2.08. The summed E-state index contributed by atoms with van der Waals surface area (Å²) >= 11 is 14.3. The molecule has 0 radical (unpaired) electrons. The van der Waals surface area contributed by atoms with Gasteiger partial charge in [0, 0.05) is 4.47 Å². The Kier molecular flexibility index (Phi) is 3.79. The summed E-state index contributed by atoms with van der Waals surface area (Å²) in [6.45, 7) is 0. The van der Waals surface area contributed by atoms with Crippen molar-refractivity contribution in [3.05, 3.63) is 21.4 Å². The minimum atomic E-state index is -0.823. The molecular formula is C7H7BrCl2N2O. The van der Waals surface area contributed by atoms with Crippen LogP contribution < -0.4 is 5.73 Å². The molecular weight excluding hydrogens is 279 g/mol. The summed E-state index contributed by atoms with van der Waals surface area (Å²) in [6.07, 6.45) is -0.823. The summed E-state index contributed by atoms with van der Waals surface area (Å²) in [6, 6.07) is 1.59. The summed E-state index contributed by atoms with van der Waals surface area (Å²) in [4.78, 5) is 3.88. The third kappa shape index (κ3) is 2.47. The van der Waals surface area contributed by atoms with E-state index in [1.54, 1.807) is 6.07 Å². The van der Waals surface area contributed by atoms with Gasteiger partial charge in [0.1, 0.15) is 6.10 Å². The third-order valence-corrected chi connectivity index (χ3v) is 2.71. The first-order chi connectivity index (χ1) is 6.06. The summed E-state index contributed by atoms with van der Waals surface area (Å²) in [5.74, 6) is 0.0691. The van der Waals surface area contributed by atoms with E-state index in [2.05, 4.69) is 20.9 Å². The van der Waals surface area contributed by atoms with Gasteiger partial charge in [-0.2, -0.15) is 0 Å². The van der Waals surface area contributed by atoms with Crippen molar-refractivity contribution < 1.29 is 5.11 Å². The molecule has 13 heavy (non-hydrogen) atoms. The summed E-state index contributed by atoms with van der Waals surface area (Å²) in [5.41, 5.74) is 6.29. The molecule has 1 unspecified atom stereocenters. The van der Waals surface area contributed by atoms with Gasteiger partial charge in [0.2, 0.25) is 0 Å². The largest absolute Gasteiger partial charge is 0.395 e. The highest BCUT2D eigenvalue weighted by Crippen LogP contribution is 2.28. The molecule has 6 heteroatoms. The molecule has 3 N–H and O–H groups in total. The van der Waals surface area contributed by atoms with Gasteiger partial charge in [0.05, 0.1) is 17.3 Å². The Balaban J connectivity index is 3.13. The summed E-state index contributed by atoms with van der Waals surface area (Å²) in [5, 5.41) is 9.51. The zero-order chi connectivity index (χ0) is 10.0. The van der Waals surface area contributed by atoms with Crippen LogP contribution in [-0.2, 0) is 0 Å². The Labute approximate surface area is 94.0 Å². The minimum Gasteiger partial charge on any atom is -0.395 e. The highest BCUT2D eigenvalue weighted by Gasteiger charge is 2.12. The zero-order valence-corrected chi connectivity index (χ0v) is 9.57. The molecule has 1 aromatic heterocycles. The molecule has 1 rings (SSSR count). The predicted octanol–water partition coefficient (Wildman–Crippen LogP) is 2.35. The Hall–Kier alpha value is -0.0300. The summed E-state index contributed by atoms with van der Waals surface area (Å²) in [7, 11) is 0. The lowest BCUT2D eigenvalue weighted by Crippen LogP contribution is -2.03. The number of alkyl halides is 1. The zero-order valence-electron chi connectivity index (χ0n) is 6.47. The van der Waals surface area contributed by atoms with Crippen LogP contribution in [0.2, 0.25) is 5.15 Å². The topological polar surface area (TPSA) is 59.1 Å². The van der Waals surface area contributed by atoms with Gasteiger partial charge in [-0.3, -0.25) is 0 Å². The number of aliphatic hydroxyl groups is 1. The molecule has 1 heterocycles. The molecule has 0 aliphatic rings. The molecule has 1 aromatic rings. The van der Waals surface area contributed by atoms with E-state index >= 15 is 0 Å². The number of rotatable bonds is 2. The smallest absolute Gasteiger partial charge is 0.153 e. The maximum Gasteiger partial charge on any atom is 0.153 e. The number of anilines is 1. The van der Waals surface area contributed by atoms with Gasteiger partial charge in [-0.15, -0.1) is 11.6 Å². The van der Waals surface area contributed by atoms with E-state index in [0.717, 1.165) is 0 Å². The predicted molar refractivity (Wildman–Crippen MR) is 57.0 cm³/mol. The Morgan fingerprint density at radius 3 is 2.77 bits per heavy atom. The molecule has 72 valence electrons. The van der Waals surface area contributed by atoms with Gasteiger partial charge in [-0.1, -0.05) is 11.6 Å². The molecule has 1 atom stereocenters. The molecule has 0 aliphatic heterocycles. The highest BCUT2D eigenvalue weighted by atomic mass is 79.9. The molecule has 0 amide bonds. The molecule has 0 saturated heterocycles. The van der Waals surface area contributed by atoms with Crippen LogP contribution in [0, 0.1) is 0 Å². The highest BCUT2D eigenvalue weighted by molar-refractivity contribution is 9.10. The molecule has 0 fully saturated rings. The van der Waals surface area contributed by atoms with Crippen LogP contribution in [0.5, 0.6) is 0 Å². The summed E-state index contributed by atoms with van der Waals surface area (Å²) < 4.78 is 0.603. The van der Waals surface area contributed by atoms with E-state index in [0.29, 0.717) is 15.9 Å². The van der Waals surface area contributed by atoms with Gasteiger partial charge in [-0.25, -0.2) is 4.98 Å². The van der Waals surface area contributed by atoms with E-state index in [9.17, 15) is 5.11 Å². The number of halogens is 3. The molecule has 0 saturated carbocycles. The Morgan fingerprint density at radius 2 is 2.31 bits per heavy atom. The second kappa shape index (κ2) is 4.46. The number of aromatic nitrogens is 1. The van der Waals surface area contributed by atoms with Crippen molar-refractivity contribution in [2.24, 2.45) is 0 Å². The van der Waals surface area contributed by atoms with Crippen molar-refractivity contribution in [2.75, 3.05) is 11.6 Å². The average molecular weight is 286 g/mol. The standard InChI is InChI=1S/C7H7BrCl2N2O/c8-3-1-4(5(13)2-9)12-7(10)6(3)11/h1,5,13H,2,11H2. The maximum absolute atomic E-state index is 9.35. The maximum atomic E-state index is 9.35. The van der Waals surface area contributed by atoms with Crippen LogP contribution in [0.3, 0.4) is 0 Å². The fraction of sp³-hybridized carbons (Fsp3) is 0.286. The molecule has 0 aromatic carbocycles. The first kappa shape index (κ1) is 11.0.